The van der Waals surface area contributed by atoms with E-state index in [-0.39, 0.29) is 17.5 Å². The zero-order valence-corrected chi connectivity index (χ0v) is 13.2. The van der Waals surface area contributed by atoms with Crippen molar-refractivity contribution in [3.8, 4) is 5.75 Å². The van der Waals surface area contributed by atoms with E-state index in [1.165, 1.54) is 7.11 Å². The zero-order chi connectivity index (χ0) is 15.3. The van der Waals surface area contributed by atoms with Crippen LogP contribution in [0, 0.1) is 0 Å². The average molecular weight is 301 g/mol. The van der Waals surface area contributed by atoms with Crippen LogP contribution in [0.15, 0.2) is 23.1 Å². The van der Waals surface area contributed by atoms with Crippen LogP contribution in [0.1, 0.15) is 12.5 Å². The quantitative estimate of drug-likeness (QED) is 0.761. The molecule has 1 rings (SSSR count). The molecule has 1 aromatic rings. The van der Waals surface area contributed by atoms with E-state index in [1.54, 1.807) is 18.2 Å². The highest BCUT2D eigenvalue weighted by molar-refractivity contribution is 7.89. The summed E-state index contributed by atoms with van der Waals surface area (Å²) in [6.45, 7) is 2.54. The van der Waals surface area contributed by atoms with Crippen molar-refractivity contribution in [2.45, 2.75) is 24.4 Å². The Kier molecular flexibility index (Phi) is 5.94. The molecule has 114 valence electrons. The standard InChI is InChI=1S/C13H23N3O3S/c1-10(16(2)3)9-15-20(17,18)13-7-11(8-14)5-6-12(13)19-4/h5-7,10,15H,8-9,14H2,1-4H3. The van der Waals surface area contributed by atoms with Crippen LogP contribution in [0.2, 0.25) is 0 Å². The first kappa shape index (κ1) is 16.9. The SMILES string of the molecule is COc1ccc(CN)cc1S(=O)(=O)NCC(C)N(C)C. The van der Waals surface area contributed by atoms with Gasteiger partial charge in [-0.1, -0.05) is 6.07 Å². The molecule has 20 heavy (non-hydrogen) atoms. The molecule has 0 radical (unpaired) electrons. The fourth-order valence-corrected chi connectivity index (χ4v) is 2.89. The van der Waals surface area contributed by atoms with Crippen LogP contribution in [0.3, 0.4) is 0 Å². The Hall–Kier alpha value is -1.15. The van der Waals surface area contributed by atoms with Gasteiger partial charge in [-0.05, 0) is 38.7 Å². The lowest BCUT2D eigenvalue weighted by molar-refractivity contribution is 0.313. The van der Waals surface area contributed by atoms with Crippen LogP contribution in [0.4, 0.5) is 0 Å². The molecule has 0 aromatic heterocycles. The first-order valence-electron chi connectivity index (χ1n) is 6.35. The third kappa shape index (κ3) is 4.17. The third-order valence-corrected chi connectivity index (χ3v) is 4.65. The van der Waals surface area contributed by atoms with E-state index < -0.39 is 10.0 Å². The number of nitrogens with two attached hydrogens (primary N) is 1. The molecule has 0 bridgehead atoms. The summed E-state index contributed by atoms with van der Waals surface area (Å²) < 4.78 is 32.4. The largest absolute Gasteiger partial charge is 0.495 e. The molecule has 0 heterocycles. The minimum atomic E-state index is -3.62. The number of sulfonamides is 1. The highest BCUT2D eigenvalue weighted by Crippen LogP contribution is 2.24. The van der Waals surface area contributed by atoms with Gasteiger partial charge in [-0.2, -0.15) is 0 Å². The van der Waals surface area contributed by atoms with Crippen molar-refractivity contribution in [3.63, 3.8) is 0 Å². The second-order valence-corrected chi connectivity index (χ2v) is 6.59. The number of likely N-dealkylation sites (N-methyl/N-ethyl adjacent to an activating group) is 1. The highest BCUT2D eigenvalue weighted by atomic mass is 32.2. The Bertz CT molecular complexity index is 544. The molecular formula is C13H23N3O3S. The number of nitrogens with zero attached hydrogens (tertiary/aromatic N) is 1. The second kappa shape index (κ2) is 7.03. The monoisotopic (exact) mass is 301 g/mol. The Balaban J connectivity index is 3.02. The number of ether oxygens (including phenoxy) is 1. The molecule has 0 aliphatic heterocycles. The van der Waals surface area contributed by atoms with Crippen LogP contribution in [0.5, 0.6) is 5.75 Å². The van der Waals surface area contributed by atoms with Gasteiger partial charge in [-0.25, -0.2) is 13.1 Å². The third-order valence-electron chi connectivity index (χ3n) is 3.20. The summed E-state index contributed by atoms with van der Waals surface area (Å²) in [7, 11) is 1.62. The van der Waals surface area contributed by atoms with Gasteiger partial charge in [-0.15, -0.1) is 0 Å². The first-order valence-corrected chi connectivity index (χ1v) is 7.83. The van der Waals surface area contributed by atoms with Crippen molar-refractivity contribution >= 4 is 10.0 Å². The molecule has 1 aromatic carbocycles. The fourth-order valence-electron chi connectivity index (χ4n) is 1.55. The Morgan fingerprint density at radius 1 is 1.40 bits per heavy atom. The maximum Gasteiger partial charge on any atom is 0.244 e. The number of hydrogen-bond acceptors (Lipinski definition) is 5. The van der Waals surface area contributed by atoms with Crippen LogP contribution >= 0.6 is 0 Å². The van der Waals surface area contributed by atoms with Crippen molar-refractivity contribution in [2.75, 3.05) is 27.7 Å². The summed E-state index contributed by atoms with van der Waals surface area (Å²) >= 11 is 0. The highest BCUT2D eigenvalue weighted by Gasteiger charge is 2.20. The fraction of sp³-hybridized carbons (Fsp3) is 0.538. The lowest BCUT2D eigenvalue weighted by atomic mass is 10.2. The summed E-state index contributed by atoms with van der Waals surface area (Å²) in [4.78, 5) is 2.06. The van der Waals surface area contributed by atoms with Gasteiger partial charge in [-0.3, -0.25) is 0 Å². The Morgan fingerprint density at radius 2 is 2.05 bits per heavy atom. The number of hydrogen-bond donors (Lipinski definition) is 2. The lowest BCUT2D eigenvalue weighted by Crippen LogP contribution is -2.38. The molecular weight excluding hydrogens is 278 g/mol. The molecule has 0 saturated heterocycles. The van der Waals surface area contributed by atoms with Gasteiger partial charge in [0.2, 0.25) is 10.0 Å². The molecule has 3 N–H and O–H groups in total. The van der Waals surface area contributed by atoms with Crippen molar-refractivity contribution in [3.05, 3.63) is 23.8 Å². The second-order valence-electron chi connectivity index (χ2n) is 4.85. The van der Waals surface area contributed by atoms with Crippen molar-refractivity contribution in [1.82, 2.24) is 9.62 Å². The van der Waals surface area contributed by atoms with Crippen LogP contribution in [-0.2, 0) is 16.6 Å². The number of benzene rings is 1. The van der Waals surface area contributed by atoms with Gasteiger partial charge in [0.05, 0.1) is 7.11 Å². The van der Waals surface area contributed by atoms with Gasteiger partial charge >= 0.3 is 0 Å². The van der Waals surface area contributed by atoms with Gasteiger partial charge in [0, 0.05) is 19.1 Å². The zero-order valence-electron chi connectivity index (χ0n) is 12.4. The summed E-state index contributed by atoms with van der Waals surface area (Å²) in [5, 5.41) is 0. The summed E-state index contributed by atoms with van der Waals surface area (Å²) in [6, 6.07) is 5.00. The summed E-state index contributed by atoms with van der Waals surface area (Å²) in [5.74, 6) is 0.312. The summed E-state index contributed by atoms with van der Waals surface area (Å²) in [6.07, 6.45) is 0. The first-order chi connectivity index (χ1) is 9.31. The average Bonchev–Trinajstić information content (AvgIpc) is 2.43. The van der Waals surface area contributed by atoms with Crippen LogP contribution in [0.25, 0.3) is 0 Å². The Morgan fingerprint density at radius 3 is 2.55 bits per heavy atom. The van der Waals surface area contributed by atoms with E-state index in [2.05, 4.69) is 4.72 Å². The Labute approximate surface area is 121 Å². The van der Waals surface area contributed by atoms with E-state index in [4.69, 9.17) is 10.5 Å². The normalized spacial score (nSPS) is 13.5. The van der Waals surface area contributed by atoms with Gasteiger partial charge in [0.25, 0.3) is 0 Å². The predicted octanol–water partition coefficient (Wildman–Crippen LogP) is 0.382. The van der Waals surface area contributed by atoms with Crippen LogP contribution in [-0.4, -0.2) is 47.1 Å². The molecule has 6 nitrogen and oxygen atoms in total. The molecule has 0 fully saturated rings. The molecule has 0 amide bonds. The molecule has 0 aliphatic carbocycles. The van der Waals surface area contributed by atoms with Crippen molar-refractivity contribution < 1.29 is 13.2 Å². The topological polar surface area (TPSA) is 84.7 Å². The van der Waals surface area contributed by atoms with Crippen molar-refractivity contribution in [1.29, 1.82) is 0 Å². The lowest BCUT2D eigenvalue weighted by Gasteiger charge is -2.20. The van der Waals surface area contributed by atoms with Gasteiger partial charge in [0.1, 0.15) is 10.6 Å². The smallest absolute Gasteiger partial charge is 0.244 e. The van der Waals surface area contributed by atoms with E-state index in [9.17, 15) is 8.42 Å². The van der Waals surface area contributed by atoms with Crippen molar-refractivity contribution in [2.24, 2.45) is 5.73 Å². The molecule has 7 heteroatoms. The number of nitrogens with one attached hydrogen (secondary N) is 1. The molecule has 0 aliphatic rings. The molecule has 1 unspecified atom stereocenters. The molecule has 0 spiro atoms. The minimum absolute atomic E-state index is 0.0912. The predicted molar refractivity (Wildman–Crippen MR) is 79.2 cm³/mol. The van der Waals surface area contributed by atoms with E-state index >= 15 is 0 Å². The maximum atomic E-state index is 12.4. The maximum absolute atomic E-state index is 12.4. The van der Waals surface area contributed by atoms with Gasteiger partial charge in [0.15, 0.2) is 0 Å². The van der Waals surface area contributed by atoms with Crippen LogP contribution < -0.4 is 15.2 Å². The van der Waals surface area contributed by atoms with E-state index in [1.807, 2.05) is 25.9 Å². The minimum Gasteiger partial charge on any atom is -0.495 e. The molecule has 0 saturated carbocycles. The van der Waals surface area contributed by atoms with E-state index in [0.29, 0.717) is 12.3 Å². The number of methoxy groups -OCH3 is 1. The number of rotatable bonds is 7. The summed E-state index contributed by atoms with van der Waals surface area (Å²) in [5.41, 5.74) is 6.30. The molecule has 1 atom stereocenters. The van der Waals surface area contributed by atoms with Gasteiger partial charge < -0.3 is 15.4 Å². The van der Waals surface area contributed by atoms with E-state index in [0.717, 1.165) is 5.56 Å².